The van der Waals surface area contributed by atoms with Gasteiger partial charge in [-0.2, -0.15) is 13.2 Å². The van der Waals surface area contributed by atoms with Crippen LogP contribution in [0.3, 0.4) is 0 Å². The smallest absolute Gasteiger partial charge is 0.426 e. The van der Waals surface area contributed by atoms with E-state index in [-0.39, 0.29) is 29.4 Å². The zero-order chi connectivity index (χ0) is 22.3. The third kappa shape index (κ3) is 4.36. The van der Waals surface area contributed by atoms with E-state index >= 15 is 0 Å². The van der Waals surface area contributed by atoms with Gasteiger partial charge in [0.25, 0.3) is 0 Å². The Bertz CT molecular complexity index is 929. The molecule has 0 radical (unpaired) electrons. The lowest BCUT2D eigenvalue weighted by atomic mass is 9.60. The molecule has 0 aromatic heterocycles. The van der Waals surface area contributed by atoms with Gasteiger partial charge in [-0.1, -0.05) is 30.3 Å². The van der Waals surface area contributed by atoms with Crippen LogP contribution in [0.15, 0.2) is 42.5 Å². The van der Waals surface area contributed by atoms with Crippen LogP contribution in [-0.2, 0) is 23.9 Å². The molecule has 7 heteroatoms. The van der Waals surface area contributed by atoms with Crippen molar-refractivity contribution in [2.75, 3.05) is 13.2 Å². The maximum atomic E-state index is 14.6. The molecule has 4 rings (SSSR count). The molecule has 1 N–H and O–H groups in total. The number of ether oxygens (including phenoxy) is 1. The first-order valence-electron chi connectivity index (χ1n) is 11.0. The second-order valence-corrected chi connectivity index (χ2v) is 8.93. The van der Waals surface area contributed by atoms with Gasteiger partial charge in [-0.15, -0.1) is 12.4 Å². The lowest BCUT2D eigenvalue weighted by molar-refractivity contribution is -0.228. The van der Waals surface area contributed by atoms with Crippen molar-refractivity contribution in [1.29, 1.82) is 0 Å². The summed E-state index contributed by atoms with van der Waals surface area (Å²) in [6, 6.07) is 12.9. The molecule has 0 amide bonds. The average Bonchev–Trinajstić information content (AvgIpc) is 2.74. The van der Waals surface area contributed by atoms with Gasteiger partial charge in [0.2, 0.25) is 5.67 Å². The standard InChI is InChI=1S/C25H29F4NO.ClH/c1-3-31-20-9-5-17(6-10-20)16-24-13-4-14-30-22(24)12-7-18-15-19(8-11-21(18)24)23(2,26)25(27,28)29;/h5-6,8-11,15,22,30H,3-4,7,12-14,16H2,1-2H3;1H. The summed E-state index contributed by atoms with van der Waals surface area (Å²) in [5, 5.41) is 3.65. The average molecular weight is 472 g/mol. The minimum absolute atomic E-state index is 0. The predicted molar refractivity (Wildman–Crippen MR) is 121 cm³/mol. The molecule has 1 aliphatic heterocycles. The fourth-order valence-corrected chi connectivity index (χ4v) is 5.33. The molecule has 1 heterocycles. The highest BCUT2D eigenvalue weighted by Gasteiger charge is 2.54. The third-order valence-corrected chi connectivity index (χ3v) is 7.03. The Balaban J connectivity index is 0.00000289. The highest BCUT2D eigenvalue weighted by molar-refractivity contribution is 5.85. The van der Waals surface area contributed by atoms with Gasteiger partial charge in [0.1, 0.15) is 5.75 Å². The van der Waals surface area contributed by atoms with Gasteiger partial charge in [0.05, 0.1) is 6.61 Å². The second-order valence-electron chi connectivity index (χ2n) is 8.93. The Kier molecular flexibility index (Phi) is 7.16. The van der Waals surface area contributed by atoms with E-state index in [0.717, 1.165) is 49.1 Å². The molecule has 0 bridgehead atoms. The van der Waals surface area contributed by atoms with E-state index < -0.39 is 11.8 Å². The number of halogens is 5. The minimum Gasteiger partial charge on any atom is -0.494 e. The van der Waals surface area contributed by atoms with Crippen LogP contribution >= 0.6 is 12.4 Å². The van der Waals surface area contributed by atoms with E-state index in [1.807, 2.05) is 19.1 Å². The number of piperidine rings is 1. The third-order valence-electron chi connectivity index (χ3n) is 7.03. The van der Waals surface area contributed by atoms with Crippen LogP contribution in [0.1, 0.15) is 55.4 Å². The highest BCUT2D eigenvalue weighted by atomic mass is 35.5. The zero-order valence-electron chi connectivity index (χ0n) is 18.4. The van der Waals surface area contributed by atoms with Crippen LogP contribution in [0.4, 0.5) is 17.6 Å². The van der Waals surface area contributed by atoms with Crippen molar-refractivity contribution in [1.82, 2.24) is 5.32 Å². The van der Waals surface area contributed by atoms with E-state index in [2.05, 4.69) is 17.4 Å². The van der Waals surface area contributed by atoms with Crippen LogP contribution in [0.2, 0.25) is 0 Å². The molecule has 0 saturated carbocycles. The predicted octanol–water partition coefficient (Wildman–Crippen LogP) is 6.43. The number of hydrogen-bond donors (Lipinski definition) is 1. The second kappa shape index (κ2) is 9.22. The Morgan fingerprint density at radius 1 is 1.09 bits per heavy atom. The first kappa shape index (κ1) is 24.8. The first-order chi connectivity index (χ1) is 14.7. The molecular weight excluding hydrogens is 442 g/mol. The van der Waals surface area contributed by atoms with Crippen LogP contribution in [0, 0.1) is 0 Å². The highest BCUT2D eigenvalue weighted by Crippen LogP contribution is 2.48. The Labute approximate surface area is 193 Å². The van der Waals surface area contributed by atoms with Gasteiger partial charge in [-0.3, -0.25) is 0 Å². The maximum absolute atomic E-state index is 14.6. The van der Waals surface area contributed by atoms with E-state index in [1.165, 1.54) is 17.7 Å². The topological polar surface area (TPSA) is 21.3 Å². The summed E-state index contributed by atoms with van der Waals surface area (Å²) in [6.07, 6.45) is -0.711. The van der Waals surface area contributed by atoms with Crippen molar-refractivity contribution in [3.63, 3.8) is 0 Å². The summed E-state index contributed by atoms with van der Waals surface area (Å²) >= 11 is 0. The van der Waals surface area contributed by atoms with Crippen molar-refractivity contribution < 1.29 is 22.3 Å². The number of benzene rings is 2. The molecule has 0 spiro atoms. The number of aryl methyl sites for hydroxylation is 1. The maximum Gasteiger partial charge on any atom is 0.426 e. The number of nitrogens with one attached hydrogen (secondary N) is 1. The van der Waals surface area contributed by atoms with E-state index in [1.54, 1.807) is 6.07 Å². The summed E-state index contributed by atoms with van der Waals surface area (Å²) in [5.41, 5.74) is -0.797. The monoisotopic (exact) mass is 471 g/mol. The number of hydrogen-bond acceptors (Lipinski definition) is 2. The van der Waals surface area contributed by atoms with Crippen molar-refractivity contribution in [3.05, 3.63) is 64.7 Å². The molecule has 3 atom stereocenters. The Morgan fingerprint density at radius 2 is 1.81 bits per heavy atom. The van der Waals surface area contributed by atoms with Gasteiger partial charge in [0, 0.05) is 11.5 Å². The Morgan fingerprint density at radius 3 is 2.47 bits per heavy atom. The summed E-state index contributed by atoms with van der Waals surface area (Å²) in [4.78, 5) is 0. The van der Waals surface area contributed by atoms with E-state index in [9.17, 15) is 17.6 Å². The summed E-state index contributed by atoms with van der Waals surface area (Å²) in [6.45, 7) is 4.11. The van der Waals surface area contributed by atoms with Crippen molar-refractivity contribution >= 4 is 12.4 Å². The minimum atomic E-state index is -4.94. The van der Waals surface area contributed by atoms with Gasteiger partial charge in [-0.05, 0) is 86.9 Å². The van der Waals surface area contributed by atoms with E-state index in [4.69, 9.17) is 4.74 Å². The summed E-state index contributed by atoms with van der Waals surface area (Å²) < 4.78 is 60.0. The van der Waals surface area contributed by atoms with Crippen LogP contribution in [-0.4, -0.2) is 25.4 Å². The molecule has 2 nitrogen and oxygen atoms in total. The Hall–Kier alpha value is -1.79. The summed E-state index contributed by atoms with van der Waals surface area (Å²) in [5.74, 6) is 0.824. The lowest BCUT2D eigenvalue weighted by Crippen LogP contribution is -2.56. The fraction of sp³-hybridized carbons (Fsp3) is 0.520. The van der Waals surface area contributed by atoms with Crippen LogP contribution in [0.5, 0.6) is 5.75 Å². The van der Waals surface area contributed by atoms with Gasteiger partial charge in [-0.25, -0.2) is 4.39 Å². The largest absolute Gasteiger partial charge is 0.494 e. The van der Waals surface area contributed by atoms with Gasteiger partial charge < -0.3 is 10.1 Å². The van der Waals surface area contributed by atoms with Crippen molar-refractivity contribution in [3.8, 4) is 5.75 Å². The molecule has 1 aliphatic carbocycles. The number of fused-ring (bicyclic) bond motifs is 3. The molecule has 1 saturated heterocycles. The van der Waals surface area contributed by atoms with Crippen LogP contribution < -0.4 is 10.1 Å². The van der Waals surface area contributed by atoms with Crippen LogP contribution in [0.25, 0.3) is 0 Å². The molecule has 176 valence electrons. The van der Waals surface area contributed by atoms with E-state index in [0.29, 0.717) is 20.0 Å². The first-order valence-corrected chi connectivity index (χ1v) is 11.0. The summed E-state index contributed by atoms with van der Waals surface area (Å²) in [7, 11) is 0. The molecule has 2 aliphatic rings. The van der Waals surface area contributed by atoms with Gasteiger partial charge >= 0.3 is 6.18 Å². The normalized spacial score (nSPS) is 24.5. The van der Waals surface area contributed by atoms with Crippen molar-refractivity contribution in [2.24, 2.45) is 0 Å². The molecule has 2 aromatic rings. The molecule has 2 aromatic carbocycles. The molecule has 32 heavy (non-hydrogen) atoms. The molecular formula is C25H30ClF4NO. The van der Waals surface area contributed by atoms with Crippen molar-refractivity contribution in [2.45, 2.75) is 69.3 Å². The fourth-order valence-electron chi connectivity index (χ4n) is 5.33. The number of alkyl halides is 4. The SMILES string of the molecule is CCOc1ccc(CC23CCCNC2CCc2cc(C(C)(F)C(F)(F)F)ccc23)cc1.Cl. The number of rotatable bonds is 5. The zero-order valence-corrected chi connectivity index (χ0v) is 19.2. The lowest BCUT2D eigenvalue weighted by Gasteiger charge is -2.49. The van der Waals surface area contributed by atoms with Gasteiger partial charge in [0.15, 0.2) is 0 Å². The molecule has 1 fully saturated rings. The quantitative estimate of drug-likeness (QED) is 0.507. The molecule has 3 unspecified atom stereocenters.